The second kappa shape index (κ2) is 4.95. The Hall–Kier alpha value is -3.15. The first-order valence-electron chi connectivity index (χ1n) is 7.34. The average Bonchev–Trinajstić information content (AvgIpc) is 3.09. The lowest BCUT2D eigenvalue weighted by Crippen LogP contribution is -2.01. The van der Waals surface area contributed by atoms with Crippen molar-refractivity contribution in [1.29, 1.82) is 0 Å². The van der Waals surface area contributed by atoms with E-state index in [0.717, 1.165) is 33.5 Å². The van der Waals surface area contributed by atoms with Crippen LogP contribution in [-0.4, -0.2) is 24.5 Å². The Balaban J connectivity index is 1.88. The van der Waals surface area contributed by atoms with E-state index in [2.05, 4.69) is 15.2 Å². The molecule has 2 N–H and O–H groups in total. The smallest absolute Gasteiger partial charge is 0.157 e. The Labute approximate surface area is 133 Å². The van der Waals surface area contributed by atoms with Crippen molar-refractivity contribution in [3.63, 3.8) is 0 Å². The number of fused-ring (bicyclic) bond motifs is 1. The van der Waals surface area contributed by atoms with E-state index in [1.807, 2.05) is 56.6 Å². The minimum atomic E-state index is 0.637. The van der Waals surface area contributed by atoms with Crippen molar-refractivity contribution in [1.82, 2.24) is 24.5 Å². The predicted molar refractivity (Wildman–Crippen MR) is 90.2 cm³/mol. The molecular weight excluding hydrogens is 288 g/mol. The highest BCUT2D eigenvalue weighted by atomic mass is 15.3. The molecule has 0 saturated heterocycles. The van der Waals surface area contributed by atoms with Crippen molar-refractivity contribution in [2.75, 3.05) is 5.73 Å². The molecule has 0 aliphatic heterocycles. The van der Waals surface area contributed by atoms with Crippen molar-refractivity contribution in [2.45, 2.75) is 6.92 Å². The zero-order valence-corrected chi connectivity index (χ0v) is 12.9. The molecule has 0 aliphatic carbocycles. The minimum Gasteiger partial charge on any atom is -0.383 e. The third kappa shape index (κ3) is 2.07. The summed E-state index contributed by atoms with van der Waals surface area (Å²) in [6, 6.07) is 11.9. The molecule has 23 heavy (non-hydrogen) atoms. The molecule has 4 aromatic rings. The van der Waals surface area contributed by atoms with Crippen LogP contribution in [0.3, 0.4) is 0 Å². The molecule has 114 valence electrons. The second-order valence-corrected chi connectivity index (χ2v) is 5.51. The van der Waals surface area contributed by atoms with Crippen molar-refractivity contribution >= 4 is 16.9 Å². The number of nitrogens with two attached hydrogens (primary N) is 1. The Bertz CT molecular complexity index is 997. The summed E-state index contributed by atoms with van der Waals surface area (Å²) in [7, 11) is 1.88. The number of para-hydroxylation sites is 1. The summed E-state index contributed by atoms with van der Waals surface area (Å²) in [5.41, 5.74) is 10.8. The molecule has 0 amide bonds. The summed E-state index contributed by atoms with van der Waals surface area (Å²) in [6.45, 7) is 1.98. The number of nitrogens with zero attached hydrogens (tertiary/aromatic N) is 5. The van der Waals surface area contributed by atoms with E-state index in [4.69, 9.17) is 5.73 Å². The lowest BCUT2D eigenvalue weighted by Gasteiger charge is -2.02. The van der Waals surface area contributed by atoms with Gasteiger partial charge in [-0.15, -0.1) is 0 Å². The van der Waals surface area contributed by atoms with Gasteiger partial charge < -0.3 is 5.73 Å². The van der Waals surface area contributed by atoms with Gasteiger partial charge in [0.15, 0.2) is 5.65 Å². The Morgan fingerprint density at radius 2 is 1.87 bits per heavy atom. The number of aromatic nitrogens is 5. The van der Waals surface area contributed by atoms with Crippen molar-refractivity contribution in [3.8, 4) is 16.9 Å². The van der Waals surface area contributed by atoms with Crippen LogP contribution in [0.1, 0.15) is 5.56 Å². The number of nitrogen functional groups attached to an aromatic ring is 1. The van der Waals surface area contributed by atoms with E-state index < -0.39 is 0 Å². The van der Waals surface area contributed by atoms with Crippen LogP contribution in [0.15, 0.2) is 48.8 Å². The molecule has 0 unspecified atom stereocenters. The van der Waals surface area contributed by atoms with E-state index in [0.29, 0.717) is 5.82 Å². The normalized spacial score (nSPS) is 11.2. The maximum absolute atomic E-state index is 6.25. The second-order valence-electron chi connectivity index (χ2n) is 5.51. The molecule has 0 spiro atoms. The fraction of sp³-hybridized carbons (Fsp3) is 0.118. The van der Waals surface area contributed by atoms with Crippen LogP contribution in [0.4, 0.5) is 5.82 Å². The first kappa shape index (κ1) is 13.5. The van der Waals surface area contributed by atoms with Crippen LogP contribution in [0.5, 0.6) is 0 Å². The maximum Gasteiger partial charge on any atom is 0.157 e. The molecule has 0 saturated carbocycles. The van der Waals surface area contributed by atoms with E-state index in [9.17, 15) is 0 Å². The fourth-order valence-electron chi connectivity index (χ4n) is 2.72. The number of aryl methyl sites for hydroxylation is 1. The highest BCUT2D eigenvalue weighted by molar-refractivity contribution is 5.81. The van der Waals surface area contributed by atoms with Gasteiger partial charge in [-0.2, -0.15) is 10.2 Å². The van der Waals surface area contributed by atoms with Crippen LogP contribution in [-0.2, 0) is 7.05 Å². The maximum atomic E-state index is 6.25. The van der Waals surface area contributed by atoms with Gasteiger partial charge >= 0.3 is 0 Å². The molecule has 3 aromatic heterocycles. The highest BCUT2D eigenvalue weighted by Gasteiger charge is 2.15. The molecule has 3 heterocycles. The summed E-state index contributed by atoms with van der Waals surface area (Å²) in [5, 5.41) is 9.90. The van der Waals surface area contributed by atoms with Gasteiger partial charge in [-0.1, -0.05) is 18.2 Å². The van der Waals surface area contributed by atoms with Gasteiger partial charge in [-0.05, 0) is 25.1 Å². The van der Waals surface area contributed by atoms with Crippen LogP contribution in [0, 0.1) is 6.92 Å². The van der Waals surface area contributed by atoms with Gasteiger partial charge in [0.2, 0.25) is 0 Å². The summed E-state index contributed by atoms with van der Waals surface area (Å²) in [5.74, 6) is 0.637. The molecule has 0 aliphatic rings. The molecule has 6 nitrogen and oxygen atoms in total. The fourth-order valence-corrected chi connectivity index (χ4v) is 2.72. The van der Waals surface area contributed by atoms with Crippen molar-refractivity contribution in [2.24, 2.45) is 7.05 Å². The molecule has 0 radical (unpaired) electrons. The van der Waals surface area contributed by atoms with Gasteiger partial charge in [0.1, 0.15) is 5.82 Å². The largest absolute Gasteiger partial charge is 0.383 e. The standard InChI is InChI=1S/C17H16N6/c1-11-15(12-8-13-10-20-22(2)17(13)19-9-12)21-23(16(11)18)14-6-4-3-5-7-14/h3-10H,18H2,1-2H3. The monoisotopic (exact) mass is 304 g/mol. The van der Waals surface area contributed by atoms with Crippen LogP contribution < -0.4 is 5.73 Å². The number of hydrogen-bond donors (Lipinski definition) is 1. The topological polar surface area (TPSA) is 74.5 Å². The average molecular weight is 304 g/mol. The summed E-state index contributed by atoms with van der Waals surface area (Å²) >= 11 is 0. The Morgan fingerprint density at radius 3 is 2.65 bits per heavy atom. The number of pyridine rings is 1. The molecule has 0 fully saturated rings. The van der Waals surface area contributed by atoms with Gasteiger partial charge in [0.05, 0.1) is 17.6 Å². The van der Waals surface area contributed by atoms with E-state index in [1.54, 1.807) is 15.6 Å². The quantitative estimate of drug-likeness (QED) is 0.618. The van der Waals surface area contributed by atoms with E-state index in [-0.39, 0.29) is 0 Å². The highest BCUT2D eigenvalue weighted by Crippen LogP contribution is 2.29. The number of anilines is 1. The van der Waals surface area contributed by atoms with Gasteiger partial charge in [-0.3, -0.25) is 4.68 Å². The van der Waals surface area contributed by atoms with Crippen LogP contribution in [0.25, 0.3) is 28.0 Å². The summed E-state index contributed by atoms with van der Waals surface area (Å²) in [6.07, 6.45) is 3.62. The van der Waals surface area contributed by atoms with Crippen LogP contribution in [0.2, 0.25) is 0 Å². The van der Waals surface area contributed by atoms with E-state index >= 15 is 0 Å². The molecule has 6 heteroatoms. The number of hydrogen-bond acceptors (Lipinski definition) is 4. The van der Waals surface area contributed by atoms with Gasteiger partial charge in [0.25, 0.3) is 0 Å². The first-order valence-corrected chi connectivity index (χ1v) is 7.34. The number of benzene rings is 1. The lowest BCUT2D eigenvalue weighted by molar-refractivity contribution is 0.786. The van der Waals surface area contributed by atoms with Crippen LogP contribution >= 0.6 is 0 Å². The molecular formula is C17H16N6. The zero-order chi connectivity index (χ0) is 16.0. The van der Waals surface area contributed by atoms with E-state index in [1.165, 1.54) is 0 Å². The van der Waals surface area contributed by atoms with Gasteiger partial charge in [0, 0.05) is 29.8 Å². The lowest BCUT2D eigenvalue weighted by atomic mass is 10.1. The number of rotatable bonds is 2. The van der Waals surface area contributed by atoms with Crippen molar-refractivity contribution in [3.05, 3.63) is 54.4 Å². The molecule has 0 atom stereocenters. The van der Waals surface area contributed by atoms with Crippen molar-refractivity contribution < 1.29 is 0 Å². The molecule has 0 bridgehead atoms. The Morgan fingerprint density at radius 1 is 1.09 bits per heavy atom. The molecule has 4 rings (SSSR count). The minimum absolute atomic E-state index is 0.637. The first-order chi connectivity index (χ1) is 11.1. The zero-order valence-electron chi connectivity index (χ0n) is 12.9. The third-order valence-electron chi connectivity index (χ3n) is 4.01. The summed E-state index contributed by atoms with van der Waals surface area (Å²) in [4.78, 5) is 4.48. The SMILES string of the molecule is Cc1c(-c2cnc3c(cnn3C)c2)nn(-c2ccccc2)c1N. The summed E-state index contributed by atoms with van der Waals surface area (Å²) < 4.78 is 3.51. The predicted octanol–water partition coefficient (Wildman–Crippen LogP) is 2.71. The molecule has 1 aromatic carbocycles. The Kier molecular flexibility index (Phi) is 2.90. The van der Waals surface area contributed by atoms with Gasteiger partial charge in [-0.25, -0.2) is 9.67 Å². The third-order valence-corrected chi connectivity index (χ3v) is 4.01.